The molecule has 1 N–H and O–H groups in total. The largest absolute Gasteiger partial charge is 0.455 e. The summed E-state index contributed by atoms with van der Waals surface area (Å²) < 4.78 is 27.6. The highest BCUT2D eigenvalue weighted by Crippen LogP contribution is 2.25. The third kappa shape index (κ3) is 3.51. The van der Waals surface area contributed by atoms with Gasteiger partial charge in [-0.1, -0.05) is 12.8 Å². The molecule has 1 aromatic rings. The van der Waals surface area contributed by atoms with Gasteiger partial charge in [0, 0.05) is 23.3 Å². The summed E-state index contributed by atoms with van der Waals surface area (Å²) in [4.78, 5) is 11.7. The summed E-state index contributed by atoms with van der Waals surface area (Å²) in [6, 6.07) is 1.17. The zero-order valence-corrected chi connectivity index (χ0v) is 12.2. The molecular formula is C12H16ClNO4S. The third-order valence-electron chi connectivity index (χ3n) is 3.38. The normalized spacial score (nSPS) is 16.7. The van der Waals surface area contributed by atoms with Crippen LogP contribution in [0.15, 0.2) is 15.4 Å². The summed E-state index contributed by atoms with van der Waals surface area (Å²) in [5.74, 6) is 0.216. The predicted octanol–water partition coefficient (Wildman–Crippen LogP) is 2.44. The van der Waals surface area contributed by atoms with Crippen LogP contribution in [0, 0.1) is 12.8 Å². The lowest BCUT2D eigenvalue weighted by atomic mass is 10.1. The van der Waals surface area contributed by atoms with E-state index in [0.717, 1.165) is 12.8 Å². The Morgan fingerprint density at radius 2 is 2.11 bits per heavy atom. The van der Waals surface area contributed by atoms with Crippen LogP contribution in [0.1, 0.15) is 42.0 Å². The standard InChI is InChI=1S/C12H16ClNO4S/c1-8-11(19(13,16)17)6-10(18-8)12(15)14-7-9-4-2-3-5-9/h6,9H,2-5,7H2,1H3,(H,14,15). The van der Waals surface area contributed by atoms with Crippen molar-refractivity contribution >= 4 is 25.6 Å². The van der Waals surface area contributed by atoms with Gasteiger partial charge in [0.25, 0.3) is 15.0 Å². The summed E-state index contributed by atoms with van der Waals surface area (Å²) in [6.07, 6.45) is 4.65. The lowest BCUT2D eigenvalue weighted by molar-refractivity contribution is 0.0918. The molecule has 2 rings (SSSR count). The molecule has 19 heavy (non-hydrogen) atoms. The number of carbonyl (C=O) groups is 1. The minimum absolute atomic E-state index is 0.0188. The number of hydrogen-bond acceptors (Lipinski definition) is 4. The van der Waals surface area contributed by atoms with E-state index in [1.807, 2.05) is 0 Å². The molecule has 0 spiro atoms. The fourth-order valence-electron chi connectivity index (χ4n) is 2.36. The smallest absolute Gasteiger partial charge is 0.287 e. The summed E-state index contributed by atoms with van der Waals surface area (Å²) in [5, 5.41) is 2.76. The van der Waals surface area contributed by atoms with Gasteiger partial charge in [-0.3, -0.25) is 4.79 Å². The molecule has 0 atom stereocenters. The van der Waals surface area contributed by atoms with Crippen LogP contribution in [0.2, 0.25) is 0 Å². The van der Waals surface area contributed by atoms with E-state index in [2.05, 4.69) is 5.32 Å². The van der Waals surface area contributed by atoms with Gasteiger partial charge in [-0.2, -0.15) is 0 Å². The molecule has 1 aliphatic rings. The minimum Gasteiger partial charge on any atom is -0.455 e. The first-order valence-corrected chi connectivity index (χ1v) is 8.52. The third-order valence-corrected chi connectivity index (χ3v) is 4.81. The maximum atomic E-state index is 11.9. The van der Waals surface area contributed by atoms with Crippen molar-refractivity contribution in [2.45, 2.75) is 37.5 Å². The zero-order chi connectivity index (χ0) is 14.0. The topological polar surface area (TPSA) is 76.4 Å². The first-order valence-electron chi connectivity index (χ1n) is 6.21. The number of furan rings is 1. The van der Waals surface area contributed by atoms with E-state index in [9.17, 15) is 13.2 Å². The second kappa shape index (κ2) is 5.54. The summed E-state index contributed by atoms with van der Waals surface area (Å²) in [6.45, 7) is 2.06. The molecule has 0 aliphatic heterocycles. The Hall–Kier alpha value is -1.01. The van der Waals surface area contributed by atoms with Crippen molar-refractivity contribution in [3.63, 3.8) is 0 Å². The zero-order valence-electron chi connectivity index (χ0n) is 10.6. The molecule has 1 aromatic heterocycles. The number of nitrogens with one attached hydrogen (secondary N) is 1. The number of carbonyl (C=O) groups excluding carboxylic acids is 1. The van der Waals surface area contributed by atoms with Crippen molar-refractivity contribution < 1.29 is 17.6 Å². The molecule has 0 unspecified atom stereocenters. The van der Waals surface area contributed by atoms with Gasteiger partial charge < -0.3 is 9.73 Å². The maximum Gasteiger partial charge on any atom is 0.287 e. The fourth-order valence-corrected chi connectivity index (χ4v) is 3.45. The Bertz CT molecular complexity index is 573. The van der Waals surface area contributed by atoms with Crippen LogP contribution in [0.4, 0.5) is 0 Å². The van der Waals surface area contributed by atoms with Crippen molar-refractivity contribution in [3.05, 3.63) is 17.6 Å². The molecule has 0 bridgehead atoms. The van der Waals surface area contributed by atoms with Crippen molar-refractivity contribution in [2.75, 3.05) is 6.54 Å². The molecule has 5 nitrogen and oxygen atoms in total. The van der Waals surface area contributed by atoms with Gasteiger partial charge in [0.05, 0.1) is 0 Å². The monoisotopic (exact) mass is 305 g/mol. The predicted molar refractivity (Wildman–Crippen MR) is 70.8 cm³/mol. The lowest BCUT2D eigenvalue weighted by Gasteiger charge is -2.08. The Morgan fingerprint density at radius 3 is 2.63 bits per heavy atom. The SMILES string of the molecule is Cc1oc(C(=O)NCC2CCCC2)cc1S(=O)(=O)Cl. The van der Waals surface area contributed by atoms with Crippen LogP contribution in [0.5, 0.6) is 0 Å². The average Bonchev–Trinajstić information content (AvgIpc) is 2.93. The van der Waals surface area contributed by atoms with Crippen LogP contribution < -0.4 is 5.32 Å². The van der Waals surface area contributed by atoms with Crippen LogP contribution in [-0.4, -0.2) is 20.9 Å². The summed E-state index contributed by atoms with van der Waals surface area (Å²) in [5.41, 5.74) is 0. The second-order valence-corrected chi connectivity index (χ2v) is 7.36. The van der Waals surface area contributed by atoms with Crippen molar-refractivity contribution in [1.29, 1.82) is 0 Å². The van der Waals surface area contributed by atoms with E-state index in [1.54, 1.807) is 0 Å². The molecule has 1 heterocycles. The van der Waals surface area contributed by atoms with Crippen LogP contribution in [0.25, 0.3) is 0 Å². The lowest BCUT2D eigenvalue weighted by Crippen LogP contribution is -2.27. The Kier molecular flexibility index (Phi) is 4.20. The van der Waals surface area contributed by atoms with E-state index in [4.69, 9.17) is 15.1 Å². The number of rotatable bonds is 4. The van der Waals surface area contributed by atoms with E-state index >= 15 is 0 Å². The molecule has 0 aromatic carbocycles. The van der Waals surface area contributed by atoms with Gasteiger partial charge in [-0.15, -0.1) is 0 Å². The molecule has 0 saturated heterocycles. The van der Waals surface area contributed by atoms with E-state index < -0.39 is 15.0 Å². The van der Waals surface area contributed by atoms with Crippen molar-refractivity contribution in [1.82, 2.24) is 5.32 Å². The molecule has 1 fully saturated rings. The van der Waals surface area contributed by atoms with Gasteiger partial charge in [0.2, 0.25) is 0 Å². The van der Waals surface area contributed by atoms with Gasteiger partial charge in [0.1, 0.15) is 10.7 Å². The highest BCUT2D eigenvalue weighted by atomic mass is 35.7. The molecule has 106 valence electrons. The first kappa shape index (κ1) is 14.4. The highest BCUT2D eigenvalue weighted by molar-refractivity contribution is 8.13. The molecule has 1 aliphatic carbocycles. The molecular weight excluding hydrogens is 290 g/mol. The number of halogens is 1. The van der Waals surface area contributed by atoms with Gasteiger partial charge >= 0.3 is 0 Å². The fraction of sp³-hybridized carbons (Fsp3) is 0.583. The molecule has 1 amide bonds. The van der Waals surface area contributed by atoms with Crippen LogP contribution >= 0.6 is 10.7 Å². The number of amides is 1. The van der Waals surface area contributed by atoms with E-state index in [0.29, 0.717) is 12.5 Å². The molecule has 1 saturated carbocycles. The van der Waals surface area contributed by atoms with Crippen LogP contribution in [-0.2, 0) is 9.05 Å². The second-order valence-electron chi connectivity index (χ2n) is 4.83. The first-order chi connectivity index (χ1) is 8.88. The van der Waals surface area contributed by atoms with E-state index in [-0.39, 0.29) is 16.4 Å². The maximum absolute atomic E-state index is 11.9. The quantitative estimate of drug-likeness (QED) is 0.867. The molecule has 7 heteroatoms. The Labute approximate surface area is 116 Å². The number of aryl methyl sites for hydroxylation is 1. The average molecular weight is 306 g/mol. The van der Waals surface area contributed by atoms with E-state index in [1.165, 1.54) is 25.8 Å². The Balaban J connectivity index is 2.03. The van der Waals surface area contributed by atoms with Crippen molar-refractivity contribution in [2.24, 2.45) is 5.92 Å². The van der Waals surface area contributed by atoms with Crippen LogP contribution in [0.3, 0.4) is 0 Å². The summed E-state index contributed by atoms with van der Waals surface area (Å²) >= 11 is 0. The highest BCUT2D eigenvalue weighted by Gasteiger charge is 2.23. The summed E-state index contributed by atoms with van der Waals surface area (Å²) in [7, 11) is 1.36. The van der Waals surface area contributed by atoms with Gasteiger partial charge in [0.15, 0.2) is 5.76 Å². The number of hydrogen-bond donors (Lipinski definition) is 1. The Morgan fingerprint density at radius 1 is 1.47 bits per heavy atom. The van der Waals surface area contributed by atoms with Gasteiger partial charge in [-0.25, -0.2) is 8.42 Å². The van der Waals surface area contributed by atoms with Crippen molar-refractivity contribution in [3.8, 4) is 0 Å². The molecule has 0 radical (unpaired) electrons. The minimum atomic E-state index is -3.88. The van der Waals surface area contributed by atoms with Gasteiger partial charge in [-0.05, 0) is 25.7 Å².